The molecule has 1 heterocycles. The molecule has 0 radical (unpaired) electrons. The van der Waals surface area contributed by atoms with Crippen LogP contribution in [0.2, 0.25) is 0 Å². The van der Waals surface area contributed by atoms with E-state index < -0.39 is 10.0 Å². The summed E-state index contributed by atoms with van der Waals surface area (Å²) in [7, 11) is -1.79. The molecule has 6 heteroatoms. The number of likely N-dealkylation sites (tertiary alicyclic amines) is 1. The van der Waals surface area contributed by atoms with E-state index in [1.165, 1.54) is 17.1 Å². The lowest BCUT2D eigenvalue weighted by atomic mass is 10.1. The lowest BCUT2D eigenvalue weighted by Crippen LogP contribution is -2.35. The number of hydrogen-bond donors (Lipinski definition) is 1. The molecule has 1 aromatic carbocycles. The zero-order valence-corrected chi connectivity index (χ0v) is 13.7. The molecular formula is C15H25N3O2S. The number of nitrogens with two attached hydrogens (primary N) is 1. The van der Waals surface area contributed by atoms with Gasteiger partial charge in [0.1, 0.15) is 0 Å². The van der Waals surface area contributed by atoms with E-state index in [-0.39, 0.29) is 0 Å². The Balaban J connectivity index is 2.13. The predicted molar refractivity (Wildman–Crippen MR) is 84.6 cm³/mol. The molecule has 0 aliphatic carbocycles. The van der Waals surface area contributed by atoms with E-state index in [0.29, 0.717) is 18.0 Å². The molecular weight excluding hydrogens is 286 g/mol. The Morgan fingerprint density at radius 2 is 1.95 bits per heavy atom. The van der Waals surface area contributed by atoms with Crippen LogP contribution >= 0.6 is 0 Å². The van der Waals surface area contributed by atoms with Gasteiger partial charge in [-0.1, -0.05) is 12.1 Å². The van der Waals surface area contributed by atoms with E-state index in [4.69, 9.17) is 5.73 Å². The van der Waals surface area contributed by atoms with Gasteiger partial charge in [0, 0.05) is 26.7 Å². The molecule has 0 atom stereocenters. The summed E-state index contributed by atoms with van der Waals surface area (Å²) >= 11 is 0. The van der Waals surface area contributed by atoms with Crippen LogP contribution in [0.3, 0.4) is 0 Å². The molecule has 5 nitrogen and oxygen atoms in total. The van der Waals surface area contributed by atoms with Crippen molar-refractivity contribution in [3.8, 4) is 0 Å². The van der Waals surface area contributed by atoms with Crippen molar-refractivity contribution >= 4 is 10.0 Å². The van der Waals surface area contributed by atoms with Crippen LogP contribution in [-0.2, 0) is 16.6 Å². The number of benzene rings is 1. The van der Waals surface area contributed by atoms with E-state index in [1.807, 2.05) is 13.0 Å². The van der Waals surface area contributed by atoms with Gasteiger partial charge in [0.15, 0.2) is 0 Å². The minimum atomic E-state index is -3.44. The Morgan fingerprint density at radius 1 is 1.29 bits per heavy atom. The summed E-state index contributed by atoms with van der Waals surface area (Å²) in [5.41, 5.74) is 7.30. The minimum absolute atomic E-state index is 0.354. The summed E-state index contributed by atoms with van der Waals surface area (Å²) < 4.78 is 26.8. The van der Waals surface area contributed by atoms with Gasteiger partial charge in [-0.05, 0) is 50.0 Å². The maximum atomic E-state index is 12.7. The molecule has 2 N–H and O–H groups in total. The van der Waals surface area contributed by atoms with Gasteiger partial charge in [0.25, 0.3) is 0 Å². The molecule has 1 aromatic rings. The van der Waals surface area contributed by atoms with Gasteiger partial charge in [-0.3, -0.25) is 0 Å². The van der Waals surface area contributed by atoms with Crippen molar-refractivity contribution in [1.82, 2.24) is 9.21 Å². The lowest BCUT2D eigenvalue weighted by molar-refractivity contribution is 0.310. The second-order valence-corrected chi connectivity index (χ2v) is 7.63. The maximum Gasteiger partial charge on any atom is 0.243 e. The topological polar surface area (TPSA) is 66.6 Å². The highest BCUT2D eigenvalue weighted by Gasteiger charge is 2.24. The fourth-order valence-corrected chi connectivity index (χ4v) is 4.16. The van der Waals surface area contributed by atoms with Crippen LogP contribution in [0.15, 0.2) is 23.1 Å². The Hall–Kier alpha value is -0.950. The van der Waals surface area contributed by atoms with Crippen LogP contribution in [-0.4, -0.2) is 50.8 Å². The highest BCUT2D eigenvalue weighted by molar-refractivity contribution is 7.89. The van der Waals surface area contributed by atoms with Crippen LogP contribution in [0.5, 0.6) is 0 Å². The number of hydrogen-bond acceptors (Lipinski definition) is 4. The Kier molecular flexibility index (Phi) is 5.37. The summed E-state index contributed by atoms with van der Waals surface area (Å²) in [6.07, 6.45) is 2.43. The molecule has 1 aliphatic heterocycles. The van der Waals surface area contributed by atoms with Gasteiger partial charge in [0.05, 0.1) is 4.90 Å². The van der Waals surface area contributed by atoms with Crippen LogP contribution in [0.4, 0.5) is 0 Å². The molecule has 0 bridgehead atoms. The Bertz CT molecular complexity index is 581. The van der Waals surface area contributed by atoms with Crippen LogP contribution < -0.4 is 5.73 Å². The molecule has 118 valence electrons. The number of nitrogens with zero attached hydrogens (tertiary/aromatic N) is 2. The highest BCUT2D eigenvalue weighted by atomic mass is 32.2. The molecule has 0 spiro atoms. The molecule has 0 saturated carbocycles. The quantitative estimate of drug-likeness (QED) is 0.856. The summed E-state index contributed by atoms with van der Waals surface area (Å²) in [5.74, 6) is 0. The van der Waals surface area contributed by atoms with Crippen molar-refractivity contribution < 1.29 is 8.42 Å². The average Bonchev–Trinajstić information content (AvgIpc) is 2.98. The first-order valence-corrected chi connectivity index (χ1v) is 8.88. The third-order valence-electron chi connectivity index (χ3n) is 4.23. The van der Waals surface area contributed by atoms with Gasteiger partial charge in [-0.2, -0.15) is 4.31 Å². The van der Waals surface area contributed by atoms with Crippen molar-refractivity contribution in [2.24, 2.45) is 5.73 Å². The molecule has 21 heavy (non-hydrogen) atoms. The number of rotatable bonds is 6. The van der Waals surface area contributed by atoms with Crippen molar-refractivity contribution in [3.63, 3.8) is 0 Å². The molecule has 0 amide bonds. The van der Waals surface area contributed by atoms with Gasteiger partial charge in [-0.15, -0.1) is 0 Å². The SMILES string of the molecule is Cc1c(CN)cccc1S(=O)(=O)N(C)CCN1CCCC1. The summed E-state index contributed by atoms with van der Waals surface area (Å²) in [6, 6.07) is 5.30. The maximum absolute atomic E-state index is 12.7. The normalized spacial score (nSPS) is 16.8. The second-order valence-electron chi connectivity index (χ2n) is 5.62. The molecule has 0 aromatic heterocycles. The number of likely N-dealkylation sites (N-methyl/N-ethyl adjacent to an activating group) is 1. The molecule has 1 aliphatic rings. The van der Waals surface area contributed by atoms with E-state index >= 15 is 0 Å². The average molecular weight is 311 g/mol. The monoisotopic (exact) mass is 311 g/mol. The Morgan fingerprint density at radius 3 is 2.57 bits per heavy atom. The van der Waals surface area contributed by atoms with Crippen LogP contribution in [0.1, 0.15) is 24.0 Å². The van der Waals surface area contributed by atoms with Crippen molar-refractivity contribution in [3.05, 3.63) is 29.3 Å². The summed E-state index contributed by atoms with van der Waals surface area (Å²) in [5, 5.41) is 0. The van der Waals surface area contributed by atoms with Gasteiger partial charge in [0.2, 0.25) is 10.0 Å². The first kappa shape index (κ1) is 16.4. The zero-order valence-electron chi connectivity index (χ0n) is 12.9. The first-order chi connectivity index (χ1) is 9.96. The minimum Gasteiger partial charge on any atom is -0.326 e. The largest absolute Gasteiger partial charge is 0.326 e. The van der Waals surface area contributed by atoms with Gasteiger partial charge >= 0.3 is 0 Å². The van der Waals surface area contributed by atoms with E-state index in [9.17, 15) is 8.42 Å². The summed E-state index contributed by atoms with van der Waals surface area (Å²) in [4.78, 5) is 2.68. The Labute approximate surface area is 127 Å². The predicted octanol–water partition coefficient (Wildman–Crippen LogP) is 1.17. The third-order valence-corrected chi connectivity index (χ3v) is 6.24. The van der Waals surface area contributed by atoms with Crippen LogP contribution in [0.25, 0.3) is 0 Å². The third kappa shape index (κ3) is 3.63. The van der Waals surface area contributed by atoms with Crippen molar-refractivity contribution in [1.29, 1.82) is 0 Å². The molecule has 0 unspecified atom stereocenters. The second kappa shape index (κ2) is 6.87. The molecule has 2 rings (SSSR count). The van der Waals surface area contributed by atoms with E-state index in [1.54, 1.807) is 19.2 Å². The lowest BCUT2D eigenvalue weighted by Gasteiger charge is -2.22. The first-order valence-electron chi connectivity index (χ1n) is 7.44. The van der Waals surface area contributed by atoms with Crippen LogP contribution in [0, 0.1) is 6.92 Å². The van der Waals surface area contributed by atoms with Gasteiger partial charge in [-0.25, -0.2) is 8.42 Å². The number of sulfonamides is 1. The standard InChI is InChI=1S/C15H25N3O2S/c1-13-14(12-16)6-5-7-15(13)21(19,20)17(2)10-11-18-8-3-4-9-18/h5-7H,3-4,8-12,16H2,1-2H3. The van der Waals surface area contributed by atoms with E-state index in [2.05, 4.69) is 4.90 Å². The molecule has 1 saturated heterocycles. The zero-order chi connectivity index (χ0) is 15.5. The van der Waals surface area contributed by atoms with Gasteiger partial charge < -0.3 is 10.6 Å². The van der Waals surface area contributed by atoms with Crippen molar-refractivity contribution in [2.75, 3.05) is 33.2 Å². The van der Waals surface area contributed by atoms with E-state index in [0.717, 1.165) is 30.8 Å². The van der Waals surface area contributed by atoms with Crippen molar-refractivity contribution in [2.45, 2.75) is 31.2 Å². The fraction of sp³-hybridized carbons (Fsp3) is 0.600. The molecule has 1 fully saturated rings. The highest BCUT2D eigenvalue weighted by Crippen LogP contribution is 2.21. The smallest absolute Gasteiger partial charge is 0.243 e. The fourth-order valence-electron chi connectivity index (χ4n) is 2.74. The summed E-state index contributed by atoms with van der Waals surface area (Å²) in [6.45, 7) is 5.65.